The van der Waals surface area contributed by atoms with E-state index in [1.165, 1.54) is 12.1 Å². The lowest BCUT2D eigenvalue weighted by molar-refractivity contribution is 0.258. The molecule has 0 radical (unpaired) electrons. The van der Waals surface area contributed by atoms with Crippen molar-refractivity contribution in [2.75, 3.05) is 6.61 Å². The Hall–Kier alpha value is -0.930. The van der Waals surface area contributed by atoms with E-state index in [1.807, 2.05) is 0 Å². The number of hydrogen-bond acceptors (Lipinski definition) is 2. The quantitative estimate of drug-likeness (QED) is 0.750. The number of aliphatic hydroxyl groups excluding tert-OH is 1. The molecule has 1 rings (SSSR count). The molecule has 1 aromatic rings. The minimum absolute atomic E-state index is 0.0312. The Balaban J connectivity index is 2.28. The van der Waals surface area contributed by atoms with Crippen LogP contribution >= 0.6 is 0 Å². The first-order chi connectivity index (χ1) is 6.72. The van der Waals surface area contributed by atoms with Gasteiger partial charge in [0.05, 0.1) is 6.61 Å². The van der Waals surface area contributed by atoms with Gasteiger partial charge in [-0.05, 0) is 37.0 Å². The van der Waals surface area contributed by atoms with Crippen LogP contribution in [-0.2, 0) is 6.42 Å². The van der Waals surface area contributed by atoms with E-state index in [-0.39, 0.29) is 18.5 Å². The Labute approximate surface area is 83.6 Å². The molecule has 1 aromatic carbocycles. The van der Waals surface area contributed by atoms with Gasteiger partial charge in [0.1, 0.15) is 5.82 Å². The Morgan fingerprint density at radius 3 is 2.50 bits per heavy atom. The fourth-order valence-electron chi connectivity index (χ4n) is 1.31. The van der Waals surface area contributed by atoms with Crippen LogP contribution in [0.2, 0.25) is 0 Å². The van der Waals surface area contributed by atoms with Crippen molar-refractivity contribution in [1.29, 1.82) is 0 Å². The maximum atomic E-state index is 12.5. The normalized spacial score (nSPS) is 12.8. The first-order valence-electron chi connectivity index (χ1n) is 4.83. The van der Waals surface area contributed by atoms with Crippen molar-refractivity contribution >= 4 is 0 Å². The van der Waals surface area contributed by atoms with Crippen molar-refractivity contribution in [3.8, 4) is 0 Å². The largest absolute Gasteiger partial charge is 0.395 e. The number of benzene rings is 1. The summed E-state index contributed by atoms with van der Waals surface area (Å²) in [4.78, 5) is 0. The lowest BCUT2D eigenvalue weighted by Crippen LogP contribution is -2.24. The summed E-state index contributed by atoms with van der Waals surface area (Å²) < 4.78 is 12.5. The number of hydrogen-bond donors (Lipinski definition) is 2. The van der Waals surface area contributed by atoms with Crippen molar-refractivity contribution in [2.45, 2.75) is 25.3 Å². The molecule has 1 unspecified atom stereocenters. The number of nitrogens with two attached hydrogens (primary N) is 1. The van der Waals surface area contributed by atoms with Crippen LogP contribution in [0.15, 0.2) is 24.3 Å². The molecule has 14 heavy (non-hydrogen) atoms. The highest BCUT2D eigenvalue weighted by atomic mass is 19.1. The molecular formula is C11H16FNO. The molecule has 0 spiro atoms. The van der Waals surface area contributed by atoms with Crippen LogP contribution in [-0.4, -0.2) is 17.8 Å². The third-order valence-electron chi connectivity index (χ3n) is 2.19. The monoisotopic (exact) mass is 197 g/mol. The van der Waals surface area contributed by atoms with Crippen LogP contribution < -0.4 is 5.73 Å². The fraction of sp³-hybridized carbons (Fsp3) is 0.455. The molecule has 0 amide bonds. The van der Waals surface area contributed by atoms with Crippen LogP contribution in [0.5, 0.6) is 0 Å². The van der Waals surface area contributed by atoms with Crippen LogP contribution in [0.1, 0.15) is 18.4 Å². The smallest absolute Gasteiger partial charge is 0.123 e. The molecule has 3 heteroatoms. The van der Waals surface area contributed by atoms with E-state index in [4.69, 9.17) is 10.8 Å². The van der Waals surface area contributed by atoms with Gasteiger partial charge in [-0.1, -0.05) is 12.1 Å². The first-order valence-corrected chi connectivity index (χ1v) is 4.83. The lowest BCUT2D eigenvalue weighted by atomic mass is 10.1. The lowest BCUT2D eigenvalue weighted by Gasteiger charge is -2.07. The summed E-state index contributed by atoms with van der Waals surface area (Å²) in [7, 11) is 0. The molecule has 78 valence electrons. The van der Waals surface area contributed by atoms with Crippen molar-refractivity contribution in [2.24, 2.45) is 5.73 Å². The molecule has 3 N–H and O–H groups in total. The Morgan fingerprint density at radius 1 is 1.29 bits per heavy atom. The third kappa shape index (κ3) is 3.85. The molecule has 0 aromatic heterocycles. The Morgan fingerprint density at radius 2 is 1.93 bits per heavy atom. The summed E-state index contributed by atoms with van der Waals surface area (Å²) >= 11 is 0. The first kappa shape index (κ1) is 11.1. The zero-order chi connectivity index (χ0) is 10.4. The van der Waals surface area contributed by atoms with Gasteiger partial charge < -0.3 is 10.8 Å². The van der Waals surface area contributed by atoms with Crippen molar-refractivity contribution in [3.63, 3.8) is 0 Å². The minimum atomic E-state index is -0.208. The molecule has 1 atom stereocenters. The van der Waals surface area contributed by atoms with Crippen molar-refractivity contribution < 1.29 is 9.50 Å². The average molecular weight is 197 g/mol. The molecule has 0 aliphatic heterocycles. The van der Waals surface area contributed by atoms with Gasteiger partial charge in [-0.15, -0.1) is 0 Å². The number of aryl methyl sites for hydroxylation is 1. The predicted molar refractivity (Wildman–Crippen MR) is 54.4 cm³/mol. The van der Waals surface area contributed by atoms with E-state index in [0.29, 0.717) is 0 Å². The summed E-state index contributed by atoms with van der Waals surface area (Å²) in [5.74, 6) is -0.208. The summed E-state index contributed by atoms with van der Waals surface area (Å²) in [5, 5.41) is 8.69. The van der Waals surface area contributed by atoms with Crippen LogP contribution in [0, 0.1) is 5.82 Å². The zero-order valence-corrected chi connectivity index (χ0v) is 8.12. The number of aliphatic hydroxyl groups is 1. The molecule has 0 saturated heterocycles. The maximum Gasteiger partial charge on any atom is 0.123 e. The average Bonchev–Trinajstić information content (AvgIpc) is 2.21. The van der Waals surface area contributed by atoms with Crippen molar-refractivity contribution in [3.05, 3.63) is 35.6 Å². The van der Waals surface area contributed by atoms with Crippen LogP contribution in [0.25, 0.3) is 0 Å². The molecule has 0 aliphatic rings. The second-order valence-corrected chi connectivity index (χ2v) is 3.46. The van der Waals surface area contributed by atoms with Crippen molar-refractivity contribution in [1.82, 2.24) is 0 Å². The van der Waals surface area contributed by atoms with Gasteiger partial charge in [0.25, 0.3) is 0 Å². The van der Waals surface area contributed by atoms with E-state index in [9.17, 15) is 4.39 Å². The topological polar surface area (TPSA) is 46.2 Å². The fourth-order valence-corrected chi connectivity index (χ4v) is 1.31. The number of halogens is 1. The third-order valence-corrected chi connectivity index (χ3v) is 2.19. The van der Waals surface area contributed by atoms with Gasteiger partial charge in [0.15, 0.2) is 0 Å². The molecule has 0 aliphatic carbocycles. The molecule has 2 nitrogen and oxygen atoms in total. The van der Waals surface area contributed by atoms with Gasteiger partial charge in [-0.3, -0.25) is 0 Å². The SMILES string of the molecule is NC(CO)CCCc1ccc(F)cc1. The highest BCUT2D eigenvalue weighted by molar-refractivity contribution is 5.15. The second-order valence-electron chi connectivity index (χ2n) is 3.46. The standard InChI is InChI=1S/C11H16FNO/c12-10-6-4-9(5-7-10)2-1-3-11(13)8-14/h4-7,11,14H,1-3,8,13H2. The van der Waals surface area contributed by atoms with E-state index in [1.54, 1.807) is 12.1 Å². The minimum Gasteiger partial charge on any atom is -0.395 e. The summed E-state index contributed by atoms with van der Waals surface area (Å²) in [6, 6.07) is 6.35. The summed E-state index contributed by atoms with van der Waals surface area (Å²) in [6.07, 6.45) is 2.61. The maximum absolute atomic E-state index is 12.5. The van der Waals surface area contributed by atoms with Gasteiger partial charge in [0.2, 0.25) is 0 Å². The summed E-state index contributed by atoms with van der Waals surface area (Å²) in [5.41, 5.74) is 6.66. The van der Waals surface area contributed by atoms with Crippen LogP contribution in [0.4, 0.5) is 4.39 Å². The Kier molecular flexibility index (Phi) is 4.56. The predicted octanol–water partition coefficient (Wildman–Crippen LogP) is 1.47. The summed E-state index contributed by atoms with van der Waals surface area (Å²) in [6.45, 7) is 0.0312. The zero-order valence-electron chi connectivity index (χ0n) is 8.12. The van der Waals surface area contributed by atoms with Gasteiger partial charge in [-0.2, -0.15) is 0 Å². The van der Waals surface area contributed by atoms with E-state index >= 15 is 0 Å². The highest BCUT2D eigenvalue weighted by Crippen LogP contribution is 2.07. The van der Waals surface area contributed by atoms with E-state index in [0.717, 1.165) is 24.8 Å². The molecule has 0 heterocycles. The molecule has 0 saturated carbocycles. The van der Waals surface area contributed by atoms with E-state index in [2.05, 4.69) is 0 Å². The van der Waals surface area contributed by atoms with Gasteiger partial charge >= 0.3 is 0 Å². The number of rotatable bonds is 5. The molecule has 0 bridgehead atoms. The molecule has 0 fully saturated rings. The Bertz CT molecular complexity index is 260. The second kappa shape index (κ2) is 5.73. The van der Waals surface area contributed by atoms with E-state index < -0.39 is 0 Å². The molecular weight excluding hydrogens is 181 g/mol. The highest BCUT2D eigenvalue weighted by Gasteiger charge is 2.00. The van der Waals surface area contributed by atoms with Crippen LogP contribution in [0.3, 0.4) is 0 Å². The van der Waals surface area contributed by atoms with Gasteiger partial charge in [0, 0.05) is 6.04 Å². The van der Waals surface area contributed by atoms with Gasteiger partial charge in [-0.25, -0.2) is 4.39 Å².